The Kier molecular flexibility index (Phi) is 9.81. The monoisotopic (exact) mass is 519 g/mol. The van der Waals surface area contributed by atoms with Gasteiger partial charge >= 0.3 is 0 Å². The van der Waals surface area contributed by atoms with Gasteiger partial charge < -0.3 is 20.3 Å². The molecule has 1 heterocycles. The largest absolute Gasteiger partial charge is 0.491 e. The second-order valence-corrected chi connectivity index (χ2v) is 9.86. The van der Waals surface area contributed by atoms with Crippen LogP contribution in [0.1, 0.15) is 53.8 Å². The summed E-state index contributed by atoms with van der Waals surface area (Å²) in [5.41, 5.74) is 0.695. The molecule has 9 heteroatoms. The number of hydrogen-bond acceptors (Lipinski definition) is 4. The van der Waals surface area contributed by atoms with Gasteiger partial charge in [0.15, 0.2) is 0 Å². The van der Waals surface area contributed by atoms with Gasteiger partial charge in [0.1, 0.15) is 12.4 Å². The molecule has 1 aliphatic heterocycles. The highest BCUT2D eigenvalue weighted by Crippen LogP contribution is 2.24. The van der Waals surface area contributed by atoms with Gasteiger partial charge in [0.25, 0.3) is 11.8 Å². The van der Waals surface area contributed by atoms with E-state index < -0.39 is 0 Å². The van der Waals surface area contributed by atoms with Gasteiger partial charge in [0, 0.05) is 18.1 Å². The number of carbonyl (C=O) groups excluding carboxylic acids is 3. The smallest absolute Gasteiger partial charge is 0.255 e. The molecule has 35 heavy (non-hydrogen) atoms. The van der Waals surface area contributed by atoms with Crippen LogP contribution in [-0.4, -0.2) is 54.9 Å². The van der Waals surface area contributed by atoms with Crippen LogP contribution >= 0.6 is 23.2 Å². The van der Waals surface area contributed by atoms with Crippen LogP contribution in [0.15, 0.2) is 42.5 Å². The van der Waals surface area contributed by atoms with Crippen molar-refractivity contribution in [3.63, 3.8) is 0 Å². The molecule has 2 aromatic carbocycles. The van der Waals surface area contributed by atoms with E-state index in [4.69, 9.17) is 27.9 Å². The summed E-state index contributed by atoms with van der Waals surface area (Å²) in [4.78, 5) is 40.5. The molecule has 0 aromatic heterocycles. The Morgan fingerprint density at radius 1 is 1.14 bits per heavy atom. The van der Waals surface area contributed by atoms with Gasteiger partial charge in [-0.2, -0.15) is 0 Å². The van der Waals surface area contributed by atoms with E-state index in [-0.39, 0.29) is 36.9 Å². The molecule has 0 unspecified atom stereocenters. The van der Waals surface area contributed by atoms with Gasteiger partial charge in [0.05, 0.1) is 28.7 Å². The van der Waals surface area contributed by atoms with Crippen LogP contribution in [0.3, 0.4) is 0 Å². The number of halogens is 2. The SMILES string of the molecule is CC(C)C[C@@H]1COc2ccc(Cl)cc2C(=O)NCCCCN(C(=O)c2ccccc2Cl)CC(=O)N1. The van der Waals surface area contributed by atoms with Crippen molar-refractivity contribution in [3.8, 4) is 5.75 Å². The molecule has 188 valence electrons. The normalized spacial score (nSPS) is 18.0. The number of ether oxygens (including phenoxy) is 1. The van der Waals surface area contributed by atoms with E-state index in [0.29, 0.717) is 65.2 Å². The second kappa shape index (κ2) is 12.8. The molecule has 0 saturated carbocycles. The Bertz CT molecular complexity index is 1060. The van der Waals surface area contributed by atoms with Crippen LogP contribution in [-0.2, 0) is 4.79 Å². The molecule has 0 spiro atoms. The summed E-state index contributed by atoms with van der Waals surface area (Å²) in [6.45, 7) is 4.93. The summed E-state index contributed by atoms with van der Waals surface area (Å²) >= 11 is 12.4. The van der Waals surface area contributed by atoms with Gasteiger partial charge in [-0.05, 0) is 55.5 Å². The first-order valence-corrected chi connectivity index (χ1v) is 12.5. The minimum Gasteiger partial charge on any atom is -0.491 e. The molecule has 0 bridgehead atoms. The molecule has 1 atom stereocenters. The number of benzene rings is 2. The van der Waals surface area contributed by atoms with Crippen LogP contribution in [0, 0.1) is 5.92 Å². The number of nitrogens with zero attached hydrogens (tertiary/aromatic N) is 1. The highest BCUT2D eigenvalue weighted by Gasteiger charge is 2.24. The molecule has 0 saturated heterocycles. The molecule has 3 amide bonds. The summed E-state index contributed by atoms with van der Waals surface area (Å²) in [5.74, 6) is -0.177. The lowest BCUT2D eigenvalue weighted by atomic mass is 10.0. The Balaban J connectivity index is 1.84. The fraction of sp³-hybridized carbons (Fsp3) is 0.423. The van der Waals surface area contributed by atoms with Gasteiger partial charge in [-0.1, -0.05) is 49.2 Å². The zero-order valence-electron chi connectivity index (χ0n) is 20.0. The molecule has 0 fully saturated rings. The zero-order valence-corrected chi connectivity index (χ0v) is 21.5. The molecule has 0 aliphatic carbocycles. The van der Waals surface area contributed by atoms with Crippen molar-refractivity contribution in [1.29, 1.82) is 0 Å². The minimum atomic E-state index is -0.309. The van der Waals surface area contributed by atoms with Crippen molar-refractivity contribution in [2.45, 2.75) is 39.2 Å². The first kappa shape index (κ1) is 26.8. The quantitative estimate of drug-likeness (QED) is 0.621. The molecule has 2 N–H and O–H groups in total. The maximum absolute atomic E-state index is 13.2. The van der Waals surface area contributed by atoms with E-state index in [2.05, 4.69) is 24.5 Å². The first-order chi connectivity index (χ1) is 16.7. The summed E-state index contributed by atoms with van der Waals surface area (Å²) < 4.78 is 5.98. The molecule has 3 rings (SSSR count). The molecule has 0 radical (unpaired) electrons. The van der Waals surface area contributed by atoms with Gasteiger partial charge in [-0.3, -0.25) is 14.4 Å². The molecular weight excluding hydrogens is 489 g/mol. The fourth-order valence-electron chi connectivity index (χ4n) is 3.96. The van der Waals surface area contributed by atoms with Crippen LogP contribution in [0.5, 0.6) is 5.75 Å². The number of nitrogens with one attached hydrogen (secondary N) is 2. The molecule has 1 aliphatic rings. The van der Waals surface area contributed by atoms with Gasteiger partial charge in [-0.15, -0.1) is 0 Å². The number of carbonyl (C=O) groups is 3. The van der Waals surface area contributed by atoms with Gasteiger partial charge in [-0.25, -0.2) is 0 Å². The third-order valence-corrected chi connectivity index (χ3v) is 6.18. The van der Waals surface area contributed by atoms with Crippen molar-refractivity contribution in [2.75, 3.05) is 26.2 Å². The lowest BCUT2D eigenvalue weighted by Gasteiger charge is -2.25. The average Bonchev–Trinajstić information content (AvgIpc) is 2.81. The maximum atomic E-state index is 13.2. The highest BCUT2D eigenvalue weighted by molar-refractivity contribution is 6.33. The number of rotatable bonds is 3. The van der Waals surface area contributed by atoms with Gasteiger partial charge in [0.2, 0.25) is 5.91 Å². The predicted octanol–water partition coefficient (Wildman–Crippen LogP) is 4.57. The minimum absolute atomic E-state index is 0.1000. The van der Waals surface area contributed by atoms with E-state index in [1.54, 1.807) is 42.5 Å². The van der Waals surface area contributed by atoms with Crippen LogP contribution in [0.2, 0.25) is 10.0 Å². The Morgan fingerprint density at radius 3 is 2.66 bits per heavy atom. The summed E-state index contributed by atoms with van der Waals surface area (Å²) in [7, 11) is 0. The maximum Gasteiger partial charge on any atom is 0.255 e. The van der Waals surface area contributed by atoms with Crippen LogP contribution < -0.4 is 15.4 Å². The molecule has 7 nitrogen and oxygen atoms in total. The lowest BCUT2D eigenvalue weighted by Crippen LogP contribution is -2.46. The molecule has 2 aromatic rings. The van der Waals surface area contributed by atoms with Crippen molar-refractivity contribution in [1.82, 2.24) is 15.5 Å². The topological polar surface area (TPSA) is 87.7 Å². The van der Waals surface area contributed by atoms with Crippen molar-refractivity contribution >= 4 is 40.9 Å². The van der Waals surface area contributed by atoms with Crippen LogP contribution in [0.25, 0.3) is 0 Å². The average molecular weight is 520 g/mol. The summed E-state index contributed by atoms with van der Waals surface area (Å²) in [6.07, 6.45) is 1.88. The Labute approximate surface area is 216 Å². The van der Waals surface area contributed by atoms with E-state index in [0.717, 1.165) is 0 Å². The van der Waals surface area contributed by atoms with E-state index in [9.17, 15) is 14.4 Å². The Hall–Kier alpha value is -2.77. The Morgan fingerprint density at radius 2 is 1.91 bits per heavy atom. The molecular formula is C26H31Cl2N3O4. The standard InChI is InChI=1S/C26H31Cl2N3O4/c1-17(2)13-19-16-35-23-10-9-18(27)14-21(23)25(33)29-11-5-6-12-31(15-24(32)30-19)26(34)20-7-3-4-8-22(20)28/h3-4,7-10,14,17,19H,5-6,11-13,15-16H2,1-2H3,(H,29,33)(H,30,32)/t19-/m1/s1. The number of amides is 3. The predicted molar refractivity (Wildman–Crippen MR) is 137 cm³/mol. The second-order valence-electron chi connectivity index (χ2n) is 9.02. The fourth-order valence-corrected chi connectivity index (χ4v) is 4.35. The number of hydrogen-bond donors (Lipinski definition) is 2. The number of fused-ring (bicyclic) bond motifs is 1. The van der Waals surface area contributed by atoms with E-state index >= 15 is 0 Å². The summed E-state index contributed by atoms with van der Waals surface area (Å²) in [5, 5.41) is 6.66. The van der Waals surface area contributed by atoms with E-state index in [1.807, 2.05) is 0 Å². The zero-order chi connectivity index (χ0) is 25.4. The van der Waals surface area contributed by atoms with Crippen LogP contribution in [0.4, 0.5) is 0 Å². The first-order valence-electron chi connectivity index (χ1n) is 11.8. The summed E-state index contributed by atoms with van der Waals surface area (Å²) in [6, 6.07) is 11.4. The van der Waals surface area contributed by atoms with Crippen molar-refractivity contribution in [3.05, 3.63) is 63.6 Å². The van der Waals surface area contributed by atoms with Crippen molar-refractivity contribution in [2.24, 2.45) is 5.92 Å². The third-order valence-electron chi connectivity index (χ3n) is 5.61. The third kappa shape index (κ3) is 7.87. The van der Waals surface area contributed by atoms with Crippen molar-refractivity contribution < 1.29 is 19.1 Å². The lowest BCUT2D eigenvalue weighted by molar-refractivity contribution is -0.122. The van der Waals surface area contributed by atoms with E-state index in [1.165, 1.54) is 4.90 Å². The highest BCUT2D eigenvalue weighted by atomic mass is 35.5.